The van der Waals surface area contributed by atoms with E-state index >= 15 is 0 Å². The molecular formula is C20H26N4O. The van der Waals surface area contributed by atoms with Crippen LogP contribution in [0.2, 0.25) is 0 Å². The molecule has 25 heavy (non-hydrogen) atoms. The first-order valence-electron chi connectivity index (χ1n) is 8.83. The molecule has 1 aromatic carbocycles. The number of nitrogens with one attached hydrogen (secondary N) is 1. The molecule has 0 saturated carbocycles. The largest absolute Gasteiger partial charge is 0.344 e. The van der Waals surface area contributed by atoms with Crippen LogP contribution in [0.1, 0.15) is 34.6 Å². The number of piperazine rings is 1. The lowest BCUT2D eigenvalue weighted by Crippen LogP contribution is -2.43. The molecule has 132 valence electrons. The van der Waals surface area contributed by atoms with E-state index in [0.717, 1.165) is 38.4 Å². The molecular weight excluding hydrogens is 312 g/mol. The number of hydrogen-bond donors (Lipinski definition) is 1. The van der Waals surface area contributed by atoms with Gasteiger partial charge < -0.3 is 10.2 Å². The smallest absolute Gasteiger partial charge is 0.251 e. The Hall–Kier alpha value is -2.24. The van der Waals surface area contributed by atoms with Crippen molar-refractivity contribution in [3.05, 3.63) is 65.5 Å². The standard InChI is InChI=1S/C20H26N4O/c1-16(19-8-3-4-9-21-19)22-20(25)18-7-5-6-17(14-18)15-24-12-10-23(2)11-13-24/h3-9,14,16H,10-13,15H2,1-2H3,(H,22,25)/t16-/m1/s1. The van der Waals surface area contributed by atoms with Crippen LogP contribution in [-0.4, -0.2) is 53.9 Å². The first-order chi connectivity index (χ1) is 12.1. The Morgan fingerprint density at radius 3 is 2.68 bits per heavy atom. The zero-order valence-corrected chi connectivity index (χ0v) is 15.0. The van der Waals surface area contributed by atoms with Gasteiger partial charge in [0, 0.05) is 44.5 Å². The number of carbonyl (C=O) groups is 1. The normalized spacial score (nSPS) is 17.2. The van der Waals surface area contributed by atoms with Crippen molar-refractivity contribution in [1.29, 1.82) is 0 Å². The Morgan fingerprint density at radius 1 is 1.16 bits per heavy atom. The number of nitrogens with zero attached hydrogens (tertiary/aromatic N) is 3. The Kier molecular flexibility index (Phi) is 5.79. The van der Waals surface area contributed by atoms with Crippen LogP contribution in [0, 0.1) is 0 Å². The van der Waals surface area contributed by atoms with Crippen molar-refractivity contribution >= 4 is 5.91 Å². The van der Waals surface area contributed by atoms with Crippen LogP contribution >= 0.6 is 0 Å². The average Bonchev–Trinajstić information content (AvgIpc) is 2.64. The molecule has 1 aliphatic heterocycles. The van der Waals surface area contributed by atoms with E-state index in [2.05, 4.69) is 33.2 Å². The average molecular weight is 338 g/mol. The molecule has 0 spiro atoms. The van der Waals surface area contributed by atoms with E-state index in [9.17, 15) is 4.79 Å². The van der Waals surface area contributed by atoms with Gasteiger partial charge in [0.1, 0.15) is 0 Å². The van der Waals surface area contributed by atoms with E-state index < -0.39 is 0 Å². The molecule has 0 radical (unpaired) electrons. The molecule has 0 aliphatic carbocycles. The minimum Gasteiger partial charge on any atom is -0.344 e. The summed E-state index contributed by atoms with van der Waals surface area (Å²) in [4.78, 5) is 21.6. The zero-order chi connectivity index (χ0) is 17.6. The summed E-state index contributed by atoms with van der Waals surface area (Å²) < 4.78 is 0. The summed E-state index contributed by atoms with van der Waals surface area (Å²) in [6.45, 7) is 7.19. The molecule has 1 aliphatic rings. The van der Waals surface area contributed by atoms with Gasteiger partial charge in [0.25, 0.3) is 5.91 Å². The second-order valence-corrected chi connectivity index (χ2v) is 6.73. The lowest BCUT2D eigenvalue weighted by Gasteiger charge is -2.32. The third-order valence-electron chi connectivity index (χ3n) is 4.67. The van der Waals surface area contributed by atoms with Gasteiger partial charge in [-0.3, -0.25) is 14.7 Å². The highest BCUT2D eigenvalue weighted by Crippen LogP contribution is 2.13. The third kappa shape index (κ3) is 4.87. The van der Waals surface area contributed by atoms with Gasteiger partial charge in [0.05, 0.1) is 11.7 Å². The van der Waals surface area contributed by atoms with Crippen LogP contribution in [0.3, 0.4) is 0 Å². The van der Waals surface area contributed by atoms with Crippen LogP contribution in [-0.2, 0) is 6.54 Å². The van der Waals surface area contributed by atoms with E-state index in [1.807, 2.05) is 43.3 Å². The Morgan fingerprint density at radius 2 is 1.96 bits per heavy atom. The molecule has 5 nitrogen and oxygen atoms in total. The molecule has 1 N–H and O–H groups in total. The molecule has 1 atom stereocenters. The number of aromatic nitrogens is 1. The fourth-order valence-electron chi connectivity index (χ4n) is 3.06. The van der Waals surface area contributed by atoms with Gasteiger partial charge in [-0.2, -0.15) is 0 Å². The van der Waals surface area contributed by atoms with E-state index in [4.69, 9.17) is 0 Å². The van der Waals surface area contributed by atoms with Gasteiger partial charge in [-0.1, -0.05) is 18.2 Å². The SMILES string of the molecule is C[C@@H](NC(=O)c1cccc(CN2CCN(C)CC2)c1)c1ccccn1. The summed E-state index contributed by atoms with van der Waals surface area (Å²) >= 11 is 0. The van der Waals surface area contributed by atoms with Crippen molar-refractivity contribution in [2.75, 3.05) is 33.2 Å². The molecule has 0 bridgehead atoms. The lowest BCUT2D eigenvalue weighted by molar-refractivity contribution is 0.0939. The molecule has 2 aromatic rings. The maximum atomic E-state index is 12.6. The summed E-state index contributed by atoms with van der Waals surface area (Å²) in [7, 11) is 2.16. The minimum atomic E-state index is -0.116. The van der Waals surface area contributed by atoms with Gasteiger partial charge >= 0.3 is 0 Å². The van der Waals surface area contributed by atoms with Crippen molar-refractivity contribution in [3.8, 4) is 0 Å². The Labute approximate surface area is 149 Å². The van der Waals surface area contributed by atoms with Crippen molar-refractivity contribution in [2.45, 2.75) is 19.5 Å². The predicted molar refractivity (Wildman–Crippen MR) is 99.3 cm³/mol. The maximum Gasteiger partial charge on any atom is 0.251 e. The highest BCUT2D eigenvalue weighted by atomic mass is 16.1. The molecule has 1 fully saturated rings. The minimum absolute atomic E-state index is 0.0571. The highest BCUT2D eigenvalue weighted by molar-refractivity contribution is 5.94. The highest BCUT2D eigenvalue weighted by Gasteiger charge is 2.16. The van der Waals surface area contributed by atoms with Crippen LogP contribution in [0.15, 0.2) is 48.7 Å². The molecule has 3 rings (SSSR count). The third-order valence-corrected chi connectivity index (χ3v) is 4.67. The van der Waals surface area contributed by atoms with Crippen molar-refractivity contribution < 1.29 is 4.79 Å². The number of rotatable bonds is 5. The molecule has 1 amide bonds. The monoisotopic (exact) mass is 338 g/mol. The van der Waals surface area contributed by atoms with E-state index in [0.29, 0.717) is 5.56 Å². The number of pyridine rings is 1. The van der Waals surface area contributed by atoms with Crippen LogP contribution in [0.4, 0.5) is 0 Å². The summed E-state index contributed by atoms with van der Waals surface area (Å²) in [6, 6.07) is 13.5. The number of carbonyl (C=O) groups excluding carboxylic acids is 1. The Balaban J connectivity index is 1.61. The Bertz CT molecular complexity index is 696. The number of amides is 1. The van der Waals surface area contributed by atoms with Gasteiger partial charge in [0.15, 0.2) is 0 Å². The van der Waals surface area contributed by atoms with Gasteiger partial charge in [0.2, 0.25) is 0 Å². The maximum absolute atomic E-state index is 12.6. The second-order valence-electron chi connectivity index (χ2n) is 6.73. The van der Waals surface area contributed by atoms with E-state index in [-0.39, 0.29) is 11.9 Å². The summed E-state index contributed by atoms with van der Waals surface area (Å²) in [5.74, 6) is -0.0571. The first-order valence-corrected chi connectivity index (χ1v) is 8.83. The summed E-state index contributed by atoms with van der Waals surface area (Å²) in [5.41, 5.74) is 2.75. The number of likely N-dealkylation sites (N-methyl/N-ethyl adjacent to an activating group) is 1. The lowest BCUT2D eigenvalue weighted by atomic mass is 10.1. The molecule has 0 unspecified atom stereocenters. The molecule has 5 heteroatoms. The fraction of sp³-hybridized carbons (Fsp3) is 0.400. The number of hydrogen-bond acceptors (Lipinski definition) is 4. The van der Waals surface area contributed by atoms with Gasteiger partial charge in [-0.15, -0.1) is 0 Å². The molecule has 1 saturated heterocycles. The van der Waals surface area contributed by atoms with Crippen LogP contribution < -0.4 is 5.32 Å². The quantitative estimate of drug-likeness (QED) is 0.909. The molecule has 1 aromatic heterocycles. The van der Waals surface area contributed by atoms with Crippen molar-refractivity contribution in [1.82, 2.24) is 20.1 Å². The molecule has 2 heterocycles. The van der Waals surface area contributed by atoms with Crippen LogP contribution in [0.25, 0.3) is 0 Å². The van der Waals surface area contributed by atoms with Crippen LogP contribution in [0.5, 0.6) is 0 Å². The predicted octanol–water partition coefficient (Wildman–Crippen LogP) is 2.32. The summed E-state index contributed by atoms with van der Waals surface area (Å²) in [6.07, 6.45) is 1.74. The number of benzene rings is 1. The fourth-order valence-corrected chi connectivity index (χ4v) is 3.06. The first kappa shape index (κ1) is 17.6. The zero-order valence-electron chi connectivity index (χ0n) is 15.0. The second kappa shape index (κ2) is 8.23. The van der Waals surface area contributed by atoms with Gasteiger partial charge in [-0.25, -0.2) is 0 Å². The van der Waals surface area contributed by atoms with E-state index in [1.54, 1.807) is 6.20 Å². The van der Waals surface area contributed by atoms with E-state index in [1.165, 1.54) is 5.56 Å². The van der Waals surface area contributed by atoms with Crippen molar-refractivity contribution in [2.24, 2.45) is 0 Å². The van der Waals surface area contributed by atoms with Crippen molar-refractivity contribution in [3.63, 3.8) is 0 Å². The summed E-state index contributed by atoms with van der Waals surface area (Å²) in [5, 5.41) is 3.03. The van der Waals surface area contributed by atoms with Gasteiger partial charge in [-0.05, 0) is 43.8 Å². The topological polar surface area (TPSA) is 48.5 Å².